The average molecular weight is 705 g/mol. The van der Waals surface area contributed by atoms with E-state index in [-0.39, 0.29) is 29.5 Å². The number of aliphatic hydroxyl groups excluding tert-OH is 1. The highest BCUT2D eigenvalue weighted by atomic mass is 32.2. The third-order valence-electron chi connectivity index (χ3n) is 8.63. The van der Waals surface area contributed by atoms with Crippen molar-refractivity contribution in [3.8, 4) is 23.3 Å². The number of aliphatic hydroxyl groups is 1. The van der Waals surface area contributed by atoms with E-state index in [1.807, 2.05) is 84.9 Å². The molecule has 1 fully saturated rings. The molecular weight excluding hydrogens is 669 g/mol. The Balaban J connectivity index is 1.25. The fourth-order valence-corrected chi connectivity index (χ4v) is 6.57. The SMILES string of the molecule is COc1ccc(C(OC[C@H]2O[C@@H](n3cc(C#CCSC(=O)c4ccccc4)c(=O)[nH]c3=O)C[C@@H]2O)(c2ccccc2)c2ccc(OC)cc2)cc1. The van der Waals surface area contributed by atoms with Crippen molar-refractivity contribution in [1.29, 1.82) is 0 Å². The van der Waals surface area contributed by atoms with Crippen LogP contribution < -0.4 is 20.7 Å². The zero-order valence-corrected chi connectivity index (χ0v) is 28.8. The van der Waals surface area contributed by atoms with Gasteiger partial charge in [-0.3, -0.25) is 19.1 Å². The lowest BCUT2D eigenvalue weighted by atomic mass is 9.80. The number of benzene rings is 4. The average Bonchev–Trinajstić information content (AvgIpc) is 3.55. The van der Waals surface area contributed by atoms with Gasteiger partial charge in [0.15, 0.2) is 0 Å². The summed E-state index contributed by atoms with van der Waals surface area (Å²) in [5, 5.41) is 11.1. The number of aromatic amines is 1. The summed E-state index contributed by atoms with van der Waals surface area (Å²) in [7, 11) is 3.21. The van der Waals surface area contributed by atoms with Gasteiger partial charge in [0, 0.05) is 18.2 Å². The molecule has 0 unspecified atom stereocenters. The number of ether oxygens (including phenoxy) is 4. The van der Waals surface area contributed by atoms with Crippen LogP contribution in [0.1, 0.15) is 45.3 Å². The summed E-state index contributed by atoms with van der Waals surface area (Å²) in [5.41, 5.74) is 0.551. The van der Waals surface area contributed by atoms with Crippen LogP contribution in [0.15, 0.2) is 125 Å². The van der Waals surface area contributed by atoms with Crippen molar-refractivity contribution >= 4 is 16.9 Å². The number of hydrogen-bond acceptors (Lipinski definition) is 9. The molecule has 4 aromatic carbocycles. The lowest BCUT2D eigenvalue weighted by Crippen LogP contribution is -2.38. The van der Waals surface area contributed by atoms with Crippen molar-refractivity contribution in [1.82, 2.24) is 9.55 Å². The van der Waals surface area contributed by atoms with E-state index >= 15 is 0 Å². The fraction of sp³-hybridized carbons (Fsp3) is 0.225. The zero-order chi connectivity index (χ0) is 35.8. The molecule has 10 nitrogen and oxygen atoms in total. The summed E-state index contributed by atoms with van der Waals surface area (Å²) in [5.74, 6) is 7.10. The van der Waals surface area contributed by atoms with Gasteiger partial charge in [-0.25, -0.2) is 4.79 Å². The first-order valence-electron chi connectivity index (χ1n) is 16.2. The molecule has 0 aliphatic carbocycles. The standard InChI is InChI=1S/C40H36N2O8S/c1-47-32-19-15-30(16-20-32)40(29-13-7-4-8-14-29,31-17-21-33(48-2)22-18-31)49-26-35-34(43)24-36(50-35)42-25-28(37(44)41-39(42)46)12-9-23-51-38(45)27-10-5-3-6-11-27/h3-8,10-11,13-22,25,34-36,43H,23-24,26H2,1-2H3,(H,41,44,46)/t34-,35+,36+/m0/s1. The maximum atomic E-state index is 12.9. The van der Waals surface area contributed by atoms with E-state index in [9.17, 15) is 19.5 Å². The molecule has 51 heavy (non-hydrogen) atoms. The molecule has 2 heterocycles. The molecule has 11 heteroatoms. The molecule has 3 atom stereocenters. The highest BCUT2D eigenvalue weighted by molar-refractivity contribution is 8.14. The van der Waals surface area contributed by atoms with Crippen LogP contribution in [-0.4, -0.2) is 58.6 Å². The third kappa shape index (κ3) is 7.85. The summed E-state index contributed by atoms with van der Waals surface area (Å²) in [4.78, 5) is 40.2. The van der Waals surface area contributed by atoms with Gasteiger partial charge in [-0.2, -0.15) is 0 Å². The molecule has 260 valence electrons. The molecule has 6 rings (SSSR count). The Morgan fingerprint density at radius 2 is 1.45 bits per heavy atom. The van der Waals surface area contributed by atoms with Crippen molar-refractivity contribution < 1.29 is 28.8 Å². The largest absolute Gasteiger partial charge is 0.497 e. The Morgan fingerprint density at radius 1 is 0.882 bits per heavy atom. The molecule has 0 saturated carbocycles. The minimum absolute atomic E-state index is 0.0299. The summed E-state index contributed by atoms with van der Waals surface area (Å²) >= 11 is 1.02. The molecule has 2 N–H and O–H groups in total. The van der Waals surface area contributed by atoms with Gasteiger partial charge in [-0.05, 0) is 41.0 Å². The van der Waals surface area contributed by atoms with E-state index < -0.39 is 35.3 Å². The Morgan fingerprint density at radius 3 is 2.04 bits per heavy atom. The van der Waals surface area contributed by atoms with Crippen molar-refractivity contribution in [2.45, 2.75) is 30.5 Å². The number of rotatable bonds is 11. The quantitative estimate of drug-likeness (QED) is 0.142. The van der Waals surface area contributed by atoms with E-state index in [0.29, 0.717) is 17.1 Å². The van der Waals surface area contributed by atoms with Gasteiger partial charge < -0.3 is 24.1 Å². The topological polar surface area (TPSA) is 129 Å². The fourth-order valence-electron chi connectivity index (χ4n) is 6.00. The van der Waals surface area contributed by atoms with Crippen molar-refractivity contribution in [3.63, 3.8) is 0 Å². The predicted octanol–water partition coefficient (Wildman–Crippen LogP) is 5.14. The zero-order valence-electron chi connectivity index (χ0n) is 28.0. The van der Waals surface area contributed by atoms with Gasteiger partial charge in [0.05, 0.1) is 32.7 Å². The predicted molar refractivity (Wildman–Crippen MR) is 194 cm³/mol. The van der Waals surface area contributed by atoms with E-state index in [0.717, 1.165) is 28.5 Å². The monoisotopic (exact) mass is 704 g/mol. The summed E-state index contributed by atoms with van der Waals surface area (Å²) in [6.45, 7) is -0.0535. The highest BCUT2D eigenvalue weighted by Crippen LogP contribution is 2.42. The molecule has 1 saturated heterocycles. The van der Waals surface area contributed by atoms with Gasteiger partial charge in [0.25, 0.3) is 5.56 Å². The number of nitrogens with one attached hydrogen (secondary N) is 1. The lowest BCUT2D eigenvalue weighted by Gasteiger charge is -2.37. The molecule has 1 aliphatic rings. The molecule has 1 aliphatic heterocycles. The smallest absolute Gasteiger partial charge is 0.330 e. The van der Waals surface area contributed by atoms with E-state index in [1.54, 1.807) is 38.5 Å². The van der Waals surface area contributed by atoms with Crippen LogP contribution in [0.5, 0.6) is 11.5 Å². The lowest BCUT2D eigenvalue weighted by molar-refractivity contribution is -0.0944. The first kappa shape index (κ1) is 35.4. The Labute approximate surface area is 299 Å². The summed E-state index contributed by atoms with van der Waals surface area (Å²) in [6, 6.07) is 33.7. The van der Waals surface area contributed by atoms with Crippen LogP contribution in [0.4, 0.5) is 0 Å². The third-order valence-corrected chi connectivity index (χ3v) is 9.41. The number of H-pyrrole nitrogens is 1. The Hall–Kier alpha value is -5.38. The maximum absolute atomic E-state index is 12.9. The first-order valence-corrected chi connectivity index (χ1v) is 17.2. The van der Waals surface area contributed by atoms with Crippen LogP contribution in [0.25, 0.3) is 0 Å². The van der Waals surface area contributed by atoms with Crippen LogP contribution >= 0.6 is 11.8 Å². The van der Waals surface area contributed by atoms with E-state index in [1.165, 1.54) is 10.8 Å². The highest BCUT2D eigenvalue weighted by Gasteiger charge is 2.42. The summed E-state index contributed by atoms with van der Waals surface area (Å²) in [6.07, 6.45) is -1.34. The van der Waals surface area contributed by atoms with Gasteiger partial charge in [0.2, 0.25) is 5.12 Å². The van der Waals surface area contributed by atoms with Crippen LogP contribution in [0.3, 0.4) is 0 Å². The molecule has 1 aromatic heterocycles. The number of aromatic nitrogens is 2. The maximum Gasteiger partial charge on any atom is 0.330 e. The van der Waals surface area contributed by atoms with Gasteiger partial charge in [-0.15, -0.1) is 0 Å². The van der Waals surface area contributed by atoms with Gasteiger partial charge in [-0.1, -0.05) is 109 Å². The van der Waals surface area contributed by atoms with Crippen LogP contribution in [0, 0.1) is 11.8 Å². The number of methoxy groups -OCH3 is 2. The first-order chi connectivity index (χ1) is 24.8. The van der Waals surface area contributed by atoms with Gasteiger partial charge >= 0.3 is 5.69 Å². The minimum atomic E-state index is -1.14. The second kappa shape index (κ2) is 16.1. The summed E-state index contributed by atoms with van der Waals surface area (Å²) < 4.78 is 25.2. The Bertz CT molecular complexity index is 2070. The molecular formula is C40H36N2O8S. The van der Waals surface area contributed by atoms with E-state index in [2.05, 4.69) is 16.8 Å². The van der Waals surface area contributed by atoms with Gasteiger partial charge in [0.1, 0.15) is 35.0 Å². The Kier molecular flexibility index (Phi) is 11.2. The number of nitrogens with zero attached hydrogens (tertiary/aromatic N) is 1. The molecule has 5 aromatic rings. The second-order valence-electron chi connectivity index (χ2n) is 11.7. The molecule has 0 spiro atoms. The second-order valence-corrected chi connectivity index (χ2v) is 12.6. The molecule has 0 amide bonds. The molecule has 0 radical (unpaired) electrons. The number of thioether (sulfide) groups is 1. The van der Waals surface area contributed by atoms with Crippen LogP contribution in [0.2, 0.25) is 0 Å². The van der Waals surface area contributed by atoms with E-state index in [4.69, 9.17) is 18.9 Å². The number of carbonyl (C=O) groups is 1. The number of carbonyl (C=O) groups excluding carboxylic acids is 1. The number of hydrogen-bond donors (Lipinski definition) is 2. The van der Waals surface area contributed by atoms with Crippen molar-refractivity contribution in [2.75, 3.05) is 26.6 Å². The normalized spacial score (nSPS) is 17.0. The van der Waals surface area contributed by atoms with Crippen LogP contribution in [-0.2, 0) is 15.1 Å². The minimum Gasteiger partial charge on any atom is -0.497 e. The van der Waals surface area contributed by atoms with Crippen molar-refractivity contribution in [2.24, 2.45) is 0 Å². The van der Waals surface area contributed by atoms with Crippen molar-refractivity contribution in [3.05, 3.63) is 164 Å². The molecule has 0 bridgehead atoms.